The number of rotatable bonds is 7. The molecule has 0 aliphatic carbocycles. The molecule has 0 saturated heterocycles. The molecule has 1 aromatic carbocycles. The van der Waals surface area contributed by atoms with Crippen LogP contribution in [0, 0.1) is 6.92 Å². The molecule has 0 aliphatic rings. The van der Waals surface area contributed by atoms with Gasteiger partial charge >= 0.3 is 0 Å². The van der Waals surface area contributed by atoms with Crippen LogP contribution in [0.15, 0.2) is 40.9 Å². The molecule has 8 nitrogen and oxygen atoms in total. The number of furan rings is 1. The number of fused-ring (bicyclic) bond motifs is 1. The van der Waals surface area contributed by atoms with Crippen molar-refractivity contribution in [2.75, 3.05) is 7.11 Å². The highest BCUT2D eigenvalue weighted by molar-refractivity contribution is 6.09. The molecule has 2 aromatic heterocycles. The maximum atomic E-state index is 12.8. The predicted octanol–water partition coefficient (Wildman–Crippen LogP) is 2.72. The Morgan fingerprint density at radius 3 is 2.72 bits per heavy atom. The van der Waals surface area contributed by atoms with Gasteiger partial charge in [-0.25, -0.2) is 4.98 Å². The standard InChI is InChI=1S/C21H23N3O5/c1-12-17(18(25)24-21(2,3)20(22)26)15-10-14(7-8-16(15)29-12)28-11-13-6-5-9-23-19(13)27-4/h5-10H,11H2,1-4H3,(H2,22,26)(H,24,25). The average molecular weight is 397 g/mol. The van der Waals surface area contributed by atoms with Gasteiger partial charge < -0.3 is 24.9 Å². The number of pyridine rings is 1. The molecule has 8 heteroatoms. The van der Waals surface area contributed by atoms with Gasteiger partial charge in [0.15, 0.2) is 0 Å². The molecule has 0 fully saturated rings. The third-order valence-corrected chi connectivity index (χ3v) is 4.54. The minimum absolute atomic E-state index is 0.246. The number of methoxy groups -OCH3 is 1. The molecule has 2 amide bonds. The summed E-state index contributed by atoms with van der Waals surface area (Å²) >= 11 is 0. The lowest BCUT2D eigenvalue weighted by Crippen LogP contribution is -2.53. The van der Waals surface area contributed by atoms with Gasteiger partial charge in [-0.1, -0.05) is 0 Å². The molecule has 0 aliphatic heterocycles. The zero-order valence-corrected chi connectivity index (χ0v) is 16.7. The van der Waals surface area contributed by atoms with Crippen LogP contribution >= 0.6 is 0 Å². The molecule has 0 atom stereocenters. The lowest BCUT2D eigenvalue weighted by atomic mass is 10.0. The van der Waals surface area contributed by atoms with Crippen LogP contribution in [0.5, 0.6) is 11.6 Å². The summed E-state index contributed by atoms with van der Waals surface area (Å²) in [4.78, 5) is 28.5. The molecule has 29 heavy (non-hydrogen) atoms. The van der Waals surface area contributed by atoms with Gasteiger partial charge in [-0.15, -0.1) is 0 Å². The number of hydrogen-bond donors (Lipinski definition) is 2. The molecular weight excluding hydrogens is 374 g/mol. The molecule has 0 saturated carbocycles. The number of aryl methyl sites for hydroxylation is 1. The lowest BCUT2D eigenvalue weighted by Gasteiger charge is -2.22. The summed E-state index contributed by atoms with van der Waals surface area (Å²) in [7, 11) is 1.55. The van der Waals surface area contributed by atoms with Crippen molar-refractivity contribution in [3.05, 3.63) is 53.4 Å². The molecule has 0 bridgehead atoms. The average Bonchev–Trinajstić information content (AvgIpc) is 3.01. The molecule has 0 spiro atoms. The molecule has 0 unspecified atom stereocenters. The van der Waals surface area contributed by atoms with Gasteiger partial charge in [-0.3, -0.25) is 9.59 Å². The third-order valence-electron chi connectivity index (χ3n) is 4.54. The van der Waals surface area contributed by atoms with Crippen LogP contribution in [0.1, 0.15) is 35.5 Å². The summed E-state index contributed by atoms with van der Waals surface area (Å²) in [6.45, 7) is 5.02. The Kier molecular flexibility index (Phi) is 5.45. The van der Waals surface area contributed by atoms with Crippen LogP contribution in [0.2, 0.25) is 0 Å². The number of nitrogens with one attached hydrogen (secondary N) is 1. The zero-order chi connectivity index (χ0) is 21.2. The fourth-order valence-electron chi connectivity index (χ4n) is 2.86. The van der Waals surface area contributed by atoms with E-state index in [0.29, 0.717) is 33.9 Å². The number of amides is 2. The number of carbonyl (C=O) groups excluding carboxylic acids is 2. The summed E-state index contributed by atoms with van der Waals surface area (Å²) in [6, 6.07) is 8.86. The summed E-state index contributed by atoms with van der Waals surface area (Å²) in [5.74, 6) is 0.389. The van der Waals surface area contributed by atoms with Crippen molar-refractivity contribution in [2.45, 2.75) is 32.9 Å². The van der Waals surface area contributed by atoms with Crippen LogP contribution in [0.3, 0.4) is 0 Å². The highest BCUT2D eigenvalue weighted by Gasteiger charge is 2.29. The second-order valence-electron chi connectivity index (χ2n) is 7.10. The Balaban J connectivity index is 1.88. The smallest absolute Gasteiger partial charge is 0.256 e. The van der Waals surface area contributed by atoms with E-state index in [2.05, 4.69) is 10.3 Å². The largest absolute Gasteiger partial charge is 0.489 e. The lowest BCUT2D eigenvalue weighted by molar-refractivity contribution is -0.122. The van der Waals surface area contributed by atoms with Crippen molar-refractivity contribution in [2.24, 2.45) is 5.73 Å². The van der Waals surface area contributed by atoms with Crippen LogP contribution in [0.25, 0.3) is 11.0 Å². The number of primary amides is 1. The first kappa shape index (κ1) is 20.2. The van der Waals surface area contributed by atoms with Crippen LogP contribution in [0.4, 0.5) is 0 Å². The van der Waals surface area contributed by atoms with Gasteiger partial charge in [-0.05, 0) is 51.1 Å². The second kappa shape index (κ2) is 7.83. The normalized spacial score (nSPS) is 11.3. The first-order valence-corrected chi connectivity index (χ1v) is 8.99. The van der Waals surface area contributed by atoms with Gasteiger partial charge in [0.1, 0.15) is 29.2 Å². The van der Waals surface area contributed by atoms with Crippen molar-refractivity contribution in [1.82, 2.24) is 10.3 Å². The molecule has 3 rings (SSSR count). The van der Waals surface area contributed by atoms with Crippen LogP contribution in [-0.2, 0) is 11.4 Å². The Labute approximate surface area is 168 Å². The van der Waals surface area contributed by atoms with Gasteiger partial charge in [0.05, 0.1) is 18.2 Å². The van der Waals surface area contributed by atoms with Crippen molar-refractivity contribution >= 4 is 22.8 Å². The first-order chi connectivity index (χ1) is 13.7. The van der Waals surface area contributed by atoms with Crippen LogP contribution in [-0.4, -0.2) is 29.4 Å². The maximum absolute atomic E-state index is 12.8. The van der Waals surface area contributed by atoms with E-state index in [9.17, 15) is 9.59 Å². The van der Waals surface area contributed by atoms with E-state index >= 15 is 0 Å². The fourth-order valence-corrected chi connectivity index (χ4v) is 2.86. The first-order valence-electron chi connectivity index (χ1n) is 8.99. The SMILES string of the molecule is COc1ncccc1COc1ccc2oc(C)c(C(=O)NC(C)(C)C(N)=O)c2c1. The number of aromatic nitrogens is 1. The van der Waals surface area contributed by atoms with E-state index in [4.69, 9.17) is 19.6 Å². The Morgan fingerprint density at radius 1 is 1.28 bits per heavy atom. The van der Waals surface area contributed by atoms with Gasteiger partial charge in [0.2, 0.25) is 11.8 Å². The van der Waals surface area contributed by atoms with Gasteiger partial charge in [0.25, 0.3) is 5.91 Å². The van der Waals surface area contributed by atoms with Crippen LogP contribution < -0.4 is 20.5 Å². The number of carbonyl (C=O) groups is 2. The topological polar surface area (TPSA) is 117 Å². The van der Waals surface area contributed by atoms with E-state index in [-0.39, 0.29) is 6.61 Å². The molecule has 152 valence electrons. The quantitative estimate of drug-likeness (QED) is 0.633. The molecule has 3 aromatic rings. The Morgan fingerprint density at radius 2 is 2.03 bits per heavy atom. The minimum Gasteiger partial charge on any atom is -0.489 e. The monoisotopic (exact) mass is 397 g/mol. The van der Waals surface area contributed by atoms with Crippen molar-refractivity contribution < 1.29 is 23.5 Å². The summed E-state index contributed by atoms with van der Waals surface area (Å²) < 4.78 is 16.8. The van der Waals surface area contributed by atoms with Gasteiger partial charge in [0, 0.05) is 11.6 Å². The van der Waals surface area contributed by atoms with Crippen molar-refractivity contribution in [1.29, 1.82) is 0 Å². The number of nitrogens with zero attached hydrogens (tertiary/aromatic N) is 1. The van der Waals surface area contributed by atoms with E-state index in [0.717, 1.165) is 5.56 Å². The highest BCUT2D eigenvalue weighted by atomic mass is 16.5. The molecular formula is C21H23N3O5. The predicted molar refractivity (Wildman–Crippen MR) is 107 cm³/mol. The minimum atomic E-state index is -1.20. The van der Waals surface area contributed by atoms with E-state index in [1.165, 1.54) is 0 Å². The third kappa shape index (κ3) is 4.16. The van der Waals surface area contributed by atoms with Crippen molar-refractivity contribution in [3.63, 3.8) is 0 Å². The van der Waals surface area contributed by atoms with E-state index < -0.39 is 17.4 Å². The zero-order valence-electron chi connectivity index (χ0n) is 16.7. The number of ether oxygens (including phenoxy) is 2. The fraction of sp³-hybridized carbons (Fsp3) is 0.286. The molecule has 3 N–H and O–H groups in total. The Bertz CT molecular complexity index is 1070. The second-order valence-corrected chi connectivity index (χ2v) is 7.10. The summed E-state index contributed by atoms with van der Waals surface area (Å²) in [5.41, 5.74) is 5.82. The Hall–Kier alpha value is -3.55. The molecule has 2 heterocycles. The maximum Gasteiger partial charge on any atom is 0.256 e. The highest BCUT2D eigenvalue weighted by Crippen LogP contribution is 2.30. The van der Waals surface area contributed by atoms with E-state index in [1.54, 1.807) is 58.3 Å². The van der Waals surface area contributed by atoms with Gasteiger partial charge in [-0.2, -0.15) is 0 Å². The summed E-state index contributed by atoms with van der Waals surface area (Å²) in [5, 5.41) is 3.22. The number of hydrogen-bond acceptors (Lipinski definition) is 6. The van der Waals surface area contributed by atoms with Crippen molar-refractivity contribution in [3.8, 4) is 11.6 Å². The molecule has 0 radical (unpaired) electrons. The van der Waals surface area contributed by atoms with E-state index in [1.807, 2.05) is 6.07 Å². The number of benzene rings is 1. The number of nitrogens with two attached hydrogens (primary N) is 1. The summed E-state index contributed by atoms with van der Waals surface area (Å²) in [6.07, 6.45) is 1.64.